The van der Waals surface area contributed by atoms with E-state index < -0.39 is 0 Å². The van der Waals surface area contributed by atoms with Gasteiger partial charge in [0.25, 0.3) is 0 Å². The van der Waals surface area contributed by atoms with Gasteiger partial charge in [0.2, 0.25) is 0 Å². The lowest BCUT2D eigenvalue weighted by Crippen LogP contribution is -1.97. The van der Waals surface area contributed by atoms with Gasteiger partial charge in [-0.2, -0.15) is 0 Å². The standard InChI is InChI=1S/C8H11ClN2.H3N/c1-5(2)6-3-8(9)11-4-7(6)10;/h3-5H,10H2,1-2H3;1H3. The molecule has 0 fully saturated rings. The minimum Gasteiger partial charge on any atom is -0.397 e. The second-order valence-electron chi connectivity index (χ2n) is 2.79. The normalized spacial score (nSPS) is 9.67. The third-order valence-corrected chi connectivity index (χ3v) is 1.76. The Labute approximate surface area is 77.5 Å². The molecule has 12 heavy (non-hydrogen) atoms. The lowest BCUT2D eigenvalue weighted by Gasteiger charge is -2.07. The van der Waals surface area contributed by atoms with Crippen molar-refractivity contribution in [2.24, 2.45) is 0 Å². The number of halogens is 1. The van der Waals surface area contributed by atoms with E-state index in [0.29, 0.717) is 16.8 Å². The van der Waals surface area contributed by atoms with Gasteiger partial charge < -0.3 is 11.9 Å². The Balaban J connectivity index is 0.00000121. The highest BCUT2D eigenvalue weighted by atomic mass is 35.5. The van der Waals surface area contributed by atoms with Crippen LogP contribution in [0.5, 0.6) is 0 Å². The average Bonchev–Trinajstić information content (AvgIpc) is 1.94. The zero-order valence-corrected chi connectivity index (χ0v) is 8.10. The van der Waals surface area contributed by atoms with E-state index in [1.165, 1.54) is 0 Å². The molecule has 3 nitrogen and oxygen atoms in total. The number of hydrogen-bond donors (Lipinski definition) is 2. The van der Waals surface area contributed by atoms with Crippen molar-refractivity contribution in [3.05, 3.63) is 23.0 Å². The van der Waals surface area contributed by atoms with Crippen LogP contribution in [0.3, 0.4) is 0 Å². The minimum atomic E-state index is 0. The summed E-state index contributed by atoms with van der Waals surface area (Å²) in [7, 11) is 0. The van der Waals surface area contributed by atoms with Gasteiger partial charge in [-0.25, -0.2) is 4.98 Å². The van der Waals surface area contributed by atoms with Crippen molar-refractivity contribution in [1.29, 1.82) is 0 Å². The van der Waals surface area contributed by atoms with Gasteiger partial charge in [0.15, 0.2) is 0 Å². The largest absolute Gasteiger partial charge is 0.397 e. The lowest BCUT2D eigenvalue weighted by molar-refractivity contribution is 0.866. The van der Waals surface area contributed by atoms with E-state index in [4.69, 9.17) is 17.3 Å². The number of anilines is 1. The van der Waals surface area contributed by atoms with Crippen LogP contribution >= 0.6 is 11.6 Å². The Morgan fingerprint density at radius 1 is 1.50 bits per heavy atom. The fraction of sp³-hybridized carbons (Fsp3) is 0.375. The maximum atomic E-state index is 5.69. The molecule has 0 spiro atoms. The van der Waals surface area contributed by atoms with E-state index in [0.717, 1.165) is 5.56 Å². The summed E-state index contributed by atoms with van der Waals surface area (Å²) in [6, 6.07) is 1.81. The highest BCUT2D eigenvalue weighted by molar-refractivity contribution is 6.29. The summed E-state index contributed by atoms with van der Waals surface area (Å²) in [6.07, 6.45) is 1.59. The Morgan fingerprint density at radius 2 is 2.08 bits per heavy atom. The highest BCUT2D eigenvalue weighted by Crippen LogP contribution is 2.22. The first-order valence-electron chi connectivity index (χ1n) is 3.52. The Morgan fingerprint density at radius 3 is 2.50 bits per heavy atom. The predicted molar refractivity (Wildman–Crippen MR) is 52.8 cm³/mol. The Kier molecular flexibility index (Phi) is 4.00. The summed E-state index contributed by atoms with van der Waals surface area (Å²) in [5.74, 6) is 0.399. The van der Waals surface area contributed by atoms with Crippen LogP contribution in [0.4, 0.5) is 5.69 Å². The molecule has 68 valence electrons. The van der Waals surface area contributed by atoms with Crippen molar-refractivity contribution < 1.29 is 0 Å². The van der Waals surface area contributed by atoms with Gasteiger partial charge >= 0.3 is 0 Å². The van der Waals surface area contributed by atoms with Crippen LogP contribution in [-0.4, -0.2) is 4.98 Å². The van der Waals surface area contributed by atoms with Gasteiger partial charge in [0, 0.05) is 0 Å². The van der Waals surface area contributed by atoms with Gasteiger partial charge in [-0.1, -0.05) is 25.4 Å². The maximum absolute atomic E-state index is 5.69. The zero-order chi connectivity index (χ0) is 8.43. The van der Waals surface area contributed by atoms with Crippen LogP contribution in [-0.2, 0) is 0 Å². The van der Waals surface area contributed by atoms with E-state index in [1.807, 2.05) is 6.07 Å². The van der Waals surface area contributed by atoms with Crippen LogP contribution in [0.15, 0.2) is 12.3 Å². The topological polar surface area (TPSA) is 73.9 Å². The summed E-state index contributed by atoms with van der Waals surface area (Å²) >= 11 is 5.69. The number of nitrogen functional groups attached to an aromatic ring is 1. The second-order valence-corrected chi connectivity index (χ2v) is 3.18. The third-order valence-electron chi connectivity index (χ3n) is 1.56. The van der Waals surface area contributed by atoms with Crippen LogP contribution in [0, 0.1) is 0 Å². The predicted octanol–water partition coefficient (Wildman–Crippen LogP) is 2.60. The van der Waals surface area contributed by atoms with Crippen molar-refractivity contribution in [1.82, 2.24) is 11.1 Å². The molecule has 0 amide bonds. The second kappa shape index (κ2) is 4.28. The minimum absolute atomic E-state index is 0. The summed E-state index contributed by atoms with van der Waals surface area (Å²) in [6.45, 7) is 4.14. The summed E-state index contributed by atoms with van der Waals surface area (Å²) in [5, 5.41) is 0.503. The molecule has 0 aromatic carbocycles. The Hall–Kier alpha value is -0.800. The third kappa shape index (κ3) is 2.36. The SMILES string of the molecule is CC(C)c1cc(Cl)ncc1N.N. The molecule has 1 rings (SSSR count). The molecule has 1 heterocycles. The monoisotopic (exact) mass is 187 g/mol. The molecule has 0 unspecified atom stereocenters. The van der Waals surface area contributed by atoms with E-state index >= 15 is 0 Å². The fourth-order valence-corrected chi connectivity index (χ4v) is 1.12. The van der Waals surface area contributed by atoms with E-state index in [2.05, 4.69) is 18.8 Å². The van der Waals surface area contributed by atoms with Gasteiger partial charge in [0.1, 0.15) is 5.15 Å². The first-order chi connectivity index (χ1) is 5.11. The van der Waals surface area contributed by atoms with Crippen LogP contribution in [0.25, 0.3) is 0 Å². The molecule has 0 aliphatic rings. The number of hydrogen-bond acceptors (Lipinski definition) is 3. The van der Waals surface area contributed by atoms with E-state index in [1.54, 1.807) is 6.20 Å². The first kappa shape index (κ1) is 11.2. The number of rotatable bonds is 1. The van der Waals surface area contributed by atoms with Crippen LogP contribution in [0.2, 0.25) is 5.15 Å². The van der Waals surface area contributed by atoms with Gasteiger partial charge in [-0.05, 0) is 17.5 Å². The number of pyridine rings is 1. The smallest absolute Gasteiger partial charge is 0.129 e. The van der Waals surface area contributed by atoms with Crippen molar-refractivity contribution in [2.45, 2.75) is 19.8 Å². The molecular weight excluding hydrogens is 174 g/mol. The molecule has 5 N–H and O–H groups in total. The van der Waals surface area contributed by atoms with Crippen molar-refractivity contribution in [3.63, 3.8) is 0 Å². The molecule has 1 aromatic rings. The number of nitrogens with two attached hydrogens (primary N) is 1. The lowest BCUT2D eigenvalue weighted by atomic mass is 10.0. The molecule has 0 atom stereocenters. The first-order valence-corrected chi connectivity index (χ1v) is 3.90. The zero-order valence-electron chi connectivity index (χ0n) is 7.34. The molecule has 1 aromatic heterocycles. The number of aromatic nitrogens is 1. The van der Waals surface area contributed by atoms with Gasteiger partial charge in [0.05, 0.1) is 11.9 Å². The quantitative estimate of drug-likeness (QED) is 0.664. The summed E-state index contributed by atoms with van der Waals surface area (Å²) in [5.41, 5.74) is 7.44. The molecule has 0 aliphatic carbocycles. The fourth-order valence-electron chi connectivity index (χ4n) is 0.955. The van der Waals surface area contributed by atoms with Crippen LogP contribution in [0.1, 0.15) is 25.3 Å². The molecule has 0 saturated heterocycles. The van der Waals surface area contributed by atoms with E-state index in [9.17, 15) is 0 Å². The molecule has 0 radical (unpaired) electrons. The molecule has 0 saturated carbocycles. The summed E-state index contributed by atoms with van der Waals surface area (Å²) in [4.78, 5) is 3.86. The number of nitrogens with zero attached hydrogens (tertiary/aromatic N) is 1. The highest BCUT2D eigenvalue weighted by Gasteiger charge is 2.04. The Bertz CT molecular complexity index is 260. The van der Waals surface area contributed by atoms with E-state index in [-0.39, 0.29) is 6.15 Å². The van der Waals surface area contributed by atoms with Crippen molar-refractivity contribution >= 4 is 17.3 Å². The van der Waals surface area contributed by atoms with Gasteiger partial charge in [-0.3, -0.25) is 0 Å². The van der Waals surface area contributed by atoms with Crippen molar-refractivity contribution in [2.75, 3.05) is 5.73 Å². The molecule has 0 bridgehead atoms. The molecular formula is C8H14ClN3. The maximum Gasteiger partial charge on any atom is 0.129 e. The summed E-state index contributed by atoms with van der Waals surface area (Å²) < 4.78 is 0. The molecule has 4 heteroatoms. The average molecular weight is 188 g/mol. The van der Waals surface area contributed by atoms with Crippen LogP contribution < -0.4 is 11.9 Å². The van der Waals surface area contributed by atoms with Crippen molar-refractivity contribution in [3.8, 4) is 0 Å². The molecule has 0 aliphatic heterocycles. The van der Waals surface area contributed by atoms with Gasteiger partial charge in [-0.15, -0.1) is 0 Å².